The number of carboxylic acid groups (broad SMARTS) is 1. The number of hydrogen-bond acceptors (Lipinski definition) is 4. The average molecular weight is 379 g/mol. The van der Waals surface area contributed by atoms with E-state index in [4.69, 9.17) is 0 Å². The highest BCUT2D eigenvalue weighted by molar-refractivity contribution is 7.92. The Balaban J connectivity index is 1.66. The van der Waals surface area contributed by atoms with E-state index < -0.39 is 27.0 Å². The van der Waals surface area contributed by atoms with E-state index in [2.05, 4.69) is 0 Å². The van der Waals surface area contributed by atoms with Gasteiger partial charge in [0.1, 0.15) is 0 Å². The van der Waals surface area contributed by atoms with Crippen LogP contribution in [0.1, 0.15) is 32.3 Å². The van der Waals surface area contributed by atoms with Crippen LogP contribution in [-0.2, 0) is 25.8 Å². The van der Waals surface area contributed by atoms with Crippen molar-refractivity contribution in [2.45, 2.75) is 43.3 Å². The van der Waals surface area contributed by atoms with E-state index in [1.807, 2.05) is 0 Å². The van der Waals surface area contributed by atoms with Gasteiger partial charge in [-0.1, -0.05) is 12.1 Å². The summed E-state index contributed by atoms with van der Waals surface area (Å²) in [6.45, 7) is 4.06. The molecule has 26 heavy (non-hydrogen) atoms. The van der Waals surface area contributed by atoms with Gasteiger partial charge in [-0.15, -0.1) is 0 Å². The predicted octanol–water partition coefficient (Wildman–Crippen LogP) is 1.98. The third-order valence-corrected chi connectivity index (χ3v) is 7.66. The highest BCUT2D eigenvalue weighted by Crippen LogP contribution is 2.44. The molecule has 1 amide bonds. The number of likely N-dealkylation sites (tertiary alicyclic amines) is 1. The topological polar surface area (TPSA) is 91.8 Å². The molecule has 0 spiro atoms. The molecule has 0 radical (unpaired) electrons. The van der Waals surface area contributed by atoms with E-state index in [9.17, 15) is 23.1 Å². The Bertz CT molecular complexity index is 796. The lowest BCUT2D eigenvalue weighted by atomic mass is 9.92. The van der Waals surface area contributed by atoms with Gasteiger partial charge < -0.3 is 10.0 Å². The number of sulfone groups is 1. The molecule has 1 saturated heterocycles. The third-order valence-electron chi connectivity index (χ3n) is 5.49. The van der Waals surface area contributed by atoms with E-state index in [0.717, 1.165) is 18.4 Å². The third kappa shape index (κ3) is 3.77. The van der Waals surface area contributed by atoms with Gasteiger partial charge in [0, 0.05) is 13.1 Å². The van der Waals surface area contributed by atoms with Crippen molar-refractivity contribution in [2.75, 3.05) is 13.1 Å². The second-order valence-corrected chi connectivity index (χ2v) is 10.2. The molecular formula is C19H25NO5S. The first-order valence-corrected chi connectivity index (χ1v) is 10.6. The number of aliphatic carboxylic acids is 1. The molecule has 1 N–H and O–H groups in total. The number of amides is 1. The number of carboxylic acids is 1. The zero-order valence-electron chi connectivity index (χ0n) is 15.1. The first-order valence-electron chi connectivity index (χ1n) is 9.03. The first-order chi connectivity index (χ1) is 12.2. The van der Waals surface area contributed by atoms with Gasteiger partial charge in [0.05, 0.1) is 22.5 Å². The van der Waals surface area contributed by atoms with Crippen LogP contribution in [0.15, 0.2) is 29.2 Å². The average Bonchev–Trinajstić information content (AvgIpc) is 3.32. The highest BCUT2D eigenvalue weighted by atomic mass is 32.2. The molecule has 1 aromatic rings. The van der Waals surface area contributed by atoms with Crippen LogP contribution >= 0.6 is 0 Å². The van der Waals surface area contributed by atoms with Crippen LogP contribution < -0.4 is 0 Å². The largest absolute Gasteiger partial charge is 0.481 e. The van der Waals surface area contributed by atoms with Crippen LogP contribution in [0.5, 0.6) is 0 Å². The van der Waals surface area contributed by atoms with Crippen molar-refractivity contribution in [2.24, 2.45) is 17.8 Å². The maximum atomic E-state index is 12.6. The molecule has 0 bridgehead atoms. The Hall–Kier alpha value is -1.89. The van der Waals surface area contributed by atoms with E-state index in [1.165, 1.54) is 12.1 Å². The minimum atomic E-state index is -3.33. The molecule has 1 aliphatic carbocycles. The zero-order valence-corrected chi connectivity index (χ0v) is 15.9. The van der Waals surface area contributed by atoms with E-state index in [-0.39, 0.29) is 29.7 Å². The standard InChI is InChI=1S/C19H25NO5S/c1-12(2)26(24,25)15-7-3-13(4-8-15)9-18(21)20-10-16(14-5-6-14)17(11-20)19(22)23/h3-4,7-8,12,14,16-17H,5-6,9-11H2,1-2H3,(H,22,23)/t16-,17+/m1/s1. The molecule has 7 heteroatoms. The maximum Gasteiger partial charge on any atom is 0.308 e. The van der Waals surface area contributed by atoms with Crippen LogP contribution in [0.3, 0.4) is 0 Å². The maximum absolute atomic E-state index is 12.6. The summed E-state index contributed by atoms with van der Waals surface area (Å²) in [5, 5.41) is 8.91. The lowest BCUT2D eigenvalue weighted by Crippen LogP contribution is -2.31. The zero-order chi connectivity index (χ0) is 19.1. The first kappa shape index (κ1) is 18.9. The number of benzene rings is 1. The summed E-state index contributed by atoms with van der Waals surface area (Å²) < 4.78 is 24.3. The van der Waals surface area contributed by atoms with Crippen molar-refractivity contribution in [3.05, 3.63) is 29.8 Å². The summed E-state index contributed by atoms with van der Waals surface area (Å²) in [6.07, 6.45) is 2.27. The summed E-state index contributed by atoms with van der Waals surface area (Å²) in [7, 11) is -3.33. The quantitative estimate of drug-likeness (QED) is 0.816. The summed E-state index contributed by atoms with van der Waals surface area (Å²) in [5.74, 6) is -0.881. The Labute approximate surface area is 154 Å². The van der Waals surface area contributed by atoms with Gasteiger partial charge in [-0.25, -0.2) is 8.42 Å². The normalized spacial score (nSPS) is 23.4. The fraction of sp³-hybridized carbons (Fsp3) is 0.579. The second-order valence-electron chi connectivity index (χ2n) is 7.66. The van der Waals surface area contributed by atoms with Crippen molar-refractivity contribution < 1.29 is 23.1 Å². The summed E-state index contributed by atoms with van der Waals surface area (Å²) >= 11 is 0. The van der Waals surface area contributed by atoms with E-state index in [1.54, 1.807) is 30.9 Å². The summed E-state index contributed by atoms with van der Waals surface area (Å²) in [5.41, 5.74) is 0.736. The lowest BCUT2D eigenvalue weighted by Gasteiger charge is -2.16. The van der Waals surface area contributed by atoms with Gasteiger partial charge in [0.15, 0.2) is 9.84 Å². The number of rotatable bonds is 6. The Morgan fingerprint density at radius 1 is 1.15 bits per heavy atom. The fourth-order valence-corrected chi connectivity index (χ4v) is 4.71. The predicted molar refractivity (Wildman–Crippen MR) is 96.4 cm³/mol. The molecular weight excluding hydrogens is 354 g/mol. The number of hydrogen-bond donors (Lipinski definition) is 1. The molecule has 2 aliphatic rings. The van der Waals surface area contributed by atoms with E-state index >= 15 is 0 Å². The lowest BCUT2D eigenvalue weighted by molar-refractivity contribution is -0.142. The van der Waals surface area contributed by atoms with Gasteiger partial charge in [0.2, 0.25) is 5.91 Å². The molecule has 6 nitrogen and oxygen atoms in total. The molecule has 2 fully saturated rings. The van der Waals surface area contributed by atoms with Gasteiger partial charge in [0.25, 0.3) is 0 Å². The second kappa shape index (κ2) is 7.02. The van der Waals surface area contributed by atoms with Crippen LogP contribution in [0.4, 0.5) is 0 Å². The number of carbonyl (C=O) groups excluding carboxylic acids is 1. The molecule has 1 saturated carbocycles. The van der Waals surface area contributed by atoms with Gasteiger partial charge >= 0.3 is 5.97 Å². The minimum Gasteiger partial charge on any atom is -0.481 e. The Morgan fingerprint density at radius 2 is 1.77 bits per heavy atom. The molecule has 1 heterocycles. The van der Waals surface area contributed by atoms with Crippen molar-refractivity contribution in [3.63, 3.8) is 0 Å². The Morgan fingerprint density at radius 3 is 2.27 bits per heavy atom. The van der Waals surface area contributed by atoms with Crippen LogP contribution in [-0.4, -0.2) is 48.6 Å². The summed E-state index contributed by atoms with van der Waals surface area (Å²) in [6, 6.07) is 6.40. The number of nitrogens with zero attached hydrogens (tertiary/aromatic N) is 1. The molecule has 0 unspecified atom stereocenters. The van der Waals surface area contributed by atoms with Gasteiger partial charge in [-0.3, -0.25) is 9.59 Å². The molecule has 2 atom stereocenters. The molecule has 3 rings (SSSR count). The van der Waals surface area contributed by atoms with Crippen molar-refractivity contribution >= 4 is 21.7 Å². The van der Waals surface area contributed by atoms with Crippen molar-refractivity contribution in [1.82, 2.24) is 4.90 Å². The molecule has 142 valence electrons. The molecule has 1 aromatic carbocycles. The van der Waals surface area contributed by atoms with E-state index in [0.29, 0.717) is 12.5 Å². The van der Waals surface area contributed by atoms with Crippen molar-refractivity contribution in [3.8, 4) is 0 Å². The SMILES string of the molecule is CC(C)S(=O)(=O)c1ccc(CC(=O)N2C[C@H](C(=O)O)[C@@H](C3CC3)C2)cc1. The molecule has 1 aliphatic heterocycles. The molecule has 0 aromatic heterocycles. The van der Waals surface area contributed by atoms with Gasteiger partial charge in [-0.05, 0) is 56.2 Å². The minimum absolute atomic E-state index is 0.0648. The Kier molecular flexibility index (Phi) is 5.10. The smallest absolute Gasteiger partial charge is 0.308 e. The van der Waals surface area contributed by atoms with Crippen LogP contribution in [0, 0.1) is 17.8 Å². The summed E-state index contributed by atoms with van der Waals surface area (Å²) in [4.78, 5) is 25.9. The van der Waals surface area contributed by atoms with Gasteiger partial charge in [-0.2, -0.15) is 0 Å². The van der Waals surface area contributed by atoms with Crippen LogP contribution in [0.25, 0.3) is 0 Å². The highest BCUT2D eigenvalue weighted by Gasteiger charge is 2.46. The van der Waals surface area contributed by atoms with Crippen molar-refractivity contribution in [1.29, 1.82) is 0 Å². The monoisotopic (exact) mass is 379 g/mol. The van der Waals surface area contributed by atoms with Crippen LogP contribution in [0.2, 0.25) is 0 Å². The fourth-order valence-electron chi connectivity index (χ4n) is 3.65. The number of carbonyl (C=O) groups is 2.